The number of nitrogens with one attached hydrogen (secondary N) is 1. The van der Waals surface area contributed by atoms with Crippen LogP contribution >= 0.6 is 23.2 Å². The Balaban J connectivity index is 1.48. The van der Waals surface area contributed by atoms with Crippen LogP contribution in [0.25, 0.3) is 10.9 Å². The lowest BCUT2D eigenvalue weighted by atomic mass is 10.2. The SMILES string of the molecule is O=c1[nH]c(=O)n(Cc2cc3cc(OCc4ccc(Cl)c(Cl)c4)ccc3n2Cc2ccccc2)o1. The summed E-state index contributed by atoms with van der Waals surface area (Å²) in [5, 5.41) is 1.91. The summed E-state index contributed by atoms with van der Waals surface area (Å²) in [4.78, 5) is 25.6. The highest BCUT2D eigenvalue weighted by atomic mass is 35.5. The van der Waals surface area contributed by atoms with Crippen molar-refractivity contribution >= 4 is 34.1 Å². The lowest BCUT2D eigenvalue weighted by Crippen LogP contribution is -2.19. The smallest absolute Gasteiger partial charge is 0.440 e. The van der Waals surface area contributed by atoms with Crippen LogP contribution in [0.4, 0.5) is 0 Å². The van der Waals surface area contributed by atoms with Crippen LogP contribution in [-0.2, 0) is 19.7 Å². The standard InChI is InChI=1S/C25H19Cl2N3O4/c26-21-8-6-17(10-22(21)27)15-33-20-7-9-23-18(12-20)11-19(14-30-24(31)28-25(32)34-30)29(23)13-16-4-2-1-3-5-16/h1-12H,13-15H2,(H,28,31,32). The van der Waals surface area contributed by atoms with Crippen molar-refractivity contribution in [2.24, 2.45) is 0 Å². The normalized spacial score (nSPS) is 11.2. The van der Waals surface area contributed by atoms with E-state index in [1.54, 1.807) is 12.1 Å². The van der Waals surface area contributed by atoms with Gasteiger partial charge in [-0.2, -0.15) is 0 Å². The maximum atomic E-state index is 12.0. The van der Waals surface area contributed by atoms with Crippen molar-refractivity contribution in [2.75, 3.05) is 0 Å². The average Bonchev–Trinajstić information content (AvgIpc) is 3.33. The number of rotatable bonds is 7. The molecule has 0 saturated carbocycles. The predicted molar refractivity (Wildman–Crippen MR) is 131 cm³/mol. The summed E-state index contributed by atoms with van der Waals surface area (Å²) in [7, 11) is 0. The molecule has 9 heteroatoms. The van der Waals surface area contributed by atoms with Gasteiger partial charge in [0.1, 0.15) is 18.9 Å². The summed E-state index contributed by atoms with van der Waals surface area (Å²) in [5.41, 5.74) is 3.19. The summed E-state index contributed by atoms with van der Waals surface area (Å²) >= 11 is 12.1. The molecule has 172 valence electrons. The van der Waals surface area contributed by atoms with Crippen LogP contribution in [0.3, 0.4) is 0 Å². The van der Waals surface area contributed by atoms with E-state index in [4.69, 9.17) is 32.5 Å². The van der Waals surface area contributed by atoms with Crippen LogP contribution in [0.5, 0.6) is 5.75 Å². The molecule has 2 aromatic heterocycles. The third kappa shape index (κ3) is 4.66. The summed E-state index contributed by atoms with van der Waals surface area (Å²) in [6.07, 6.45) is 0. The maximum Gasteiger partial charge on any atom is 0.440 e. The van der Waals surface area contributed by atoms with E-state index in [2.05, 4.69) is 9.55 Å². The third-order valence-corrected chi connectivity index (χ3v) is 6.20. The fraction of sp³-hybridized carbons (Fsp3) is 0.120. The third-order valence-electron chi connectivity index (χ3n) is 5.47. The molecule has 0 amide bonds. The Bertz CT molecular complexity index is 1580. The molecule has 2 heterocycles. The van der Waals surface area contributed by atoms with Crippen LogP contribution in [-0.4, -0.2) is 14.3 Å². The summed E-state index contributed by atoms with van der Waals surface area (Å²) in [6.45, 7) is 1.04. The van der Waals surface area contributed by atoms with Gasteiger partial charge in [-0.1, -0.05) is 59.6 Å². The molecule has 0 unspecified atom stereocenters. The molecule has 0 saturated heterocycles. The van der Waals surface area contributed by atoms with Crippen molar-refractivity contribution in [2.45, 2.75) is 19.7 Å². The molecule has 1 N–H and O–H groups in total. The van der Waals surface area contributed by atoms with E-state index in [0.717, 1.165) is 32.5 Å². The van der Waals surface area contributed by atoms with Gasteiger partial charge in [0.05, 0.1) is 10.0 Å². The fourth-order valence-electron chi connectivity index (χ4n) is 3.84. The van der Waals surface area contributed by atoms with Crippen molar-refractivity contribution < 1.29 is 9.26 Å². The molecule has 0 bridgehead atoms. The van der Waals surface area contributed by atoms with Gasteiger partial charge in [-0.15, -0.1) is 4.74 Å². The first-order valence-electron chi connectivity index (χ1n) is 10.5. The van der Waals surface area contributed by atoms with Gasteiger partial charge in [-0.05, 0) is 47.5 Å². The molecule has 0 aliphatic rings. The highest BCUT2D eigenvalue weighted by Crippen LogP contribution is 2.28. The zero-order chi connectivity index (χ0) is 23.7. The van der Waals surface area contributed by atoms with Crippen LogP contribution in [0.1, 0.15) is 16.8 Å². The molecule has 5 rings (SSSR count). The second-order valence-corrected chi connectivity index (χ2v) is 8.63. The molecular formula is C25H19Cl2N3O4. The lowest BCUT2D eigenvalue weighted by molar-refractivity contribution is 0.255. The van der Waals surface area contributed by atoms with Crippen molar-refractivity contribution in [3.8, 4) is 5.75 Å². The number of hydrogen-bond acceptors (Lipinski definition) is 4. The predicted octanol–water partition coefficient (Wildman–Crippen LogP) is 5.07. The van der Waals surface area contributed by atoms with Gasteiger partial charge < -0.3 is 13.8 Å². The minimum Gasteiger partial charge on any atom is -0.489 e. The summed E-state index contributed by atoms with van der Waals surface area (Å²) in [6, 6.07) is 23.1. The van der Waals surface area contributed by atoms with Crippen molar-refractivity contribution in [3.63, 3.8) is 0 Å². The van der Waals surface area contributed by atoms with Crippen LogP contribution < -0.4 is 16.2 Å². The first-order chi connectivity index (χ1) is 16.5. The minimum absolute atomic E-state index is 0.110. The molecule has 0 spiro atoms. The number of hydrogen-bond donors (Lipinski definition) is 1. The van der Waals surface area contributed by atoms with Crippen molar-refractivity contribution in [1.29, 1.82) is 0 Å². The first kappa shape index (κ1) is 22.1. The second-order valence-electron chi connectivity index (χ2n) is 7.81. The Labute approximate surface area is 203 Å². The van der Waals surface area contributed by atoms with Crippen molar-refractivity contribution in [3.05, 3.63) is 121 Å². The van der Waals surface area contributed by atoms with E-state index in [1.165, 1.54) is 0 Å². The molecule has 0 radical (unpaired) electrons. The molecule has 0 aliphatic carbocycles. The van der Waals surface area contributed by atoms with Gasteiger partial charge in [0.25, 0.3) is 0 Å². The van der Waals surface area contributed by atoms with Gasteiger partial charge in [0, 0.05) is 23.1 Å². The molecule has 0 fully saturated rings. The number of benzene rings is 3. The number of aromatic nitrogens is 3. The van der Waals surface area contributed by atoms with E-state index in [0.29, 0.717) is 28.9 Å². The monoisotopic (exact) mass is 495 g/mol. The number of H-pyrrole nitrogens is 1. The molecule has 7 nitrogen and oxygen atoms in total. The summed E-state index contributed by atoms with van der Waals surface area (Å²) < 4.78 is 14.1. The Hall–Kier alpha value is -3.68. The molecule has 5 aromatic rings. The van der Waals surface area contributed by atoms with E-state index in [1.807, 2.05) is 60.7 Å². The van der Waals surface area contributed by atoms with Crippen LogP contribution in [0.15, 0.2) is 86.9 Å². The molecular weight excluding hydrogens is 477 g/mol. The van der Waals surface area contributed by atoms with E-state index in [-0.39, 0.29) is 6.54 Å². The molecule has 34 heavy (non-hydrogen) atoms. The lowest BCUT2D eigenvalue weighted by Gasteiger charge is -2.11. The van der Waals surface area contributed by atoms with E-state index in [9.17, 15) is 9.59 Å². The Morgan fingerprint density at radius 3 is 2.41 bits per heavy atom. The number of nitrogens with zero attached hydrogens (tertiary/aromatic N) is 2. The number of halogens is 2. The van der Waals surface area contributed by atoms with Gasteiger partial charge in [0.15, 0.2) is 0 Å². The van der Waals surface area contributed by atoms with Gasteiger partial charge >= 0.3 is 11.4 Å². The Morgan fingerprint density at radius 2 is 1.68 bits per heavy atom. The molecule has 0 atom stereocenters. The second kappa shape index (κ2) is 9.29. The van der Waals surface area contributed by atoms with Crippen LogP contribution in [0.2, 0.25) is 10.0 Å². The van der Waals surface area contributed by atoms with Crippen molar-refractivity contribution in [1.82, 2.24) is 14.3 Å². The first-order valence-corrected chi connectivity index (χ1v) is 11.2. The van der Waals surface area contributed by atoms with E-state index >= 15 is 0 Å². The summed E-state index contributed by atoms with van der Waals surface area (Å²) in [5.74, 6) is -0.0963. The molecule has 3 aromatic carbocycles. The Morgan fingerprint density at radius 1 is 0.853 bits per heavy atom. The number of aromatic amines is 1. The highest BCUT2D eigenvalue weighted by molar-refractivity contribution is 6.42. The molecule has 0 aliphatic heterocycles. The van der Waals surface area contributed by atoms with Gasteiger partial charge in [-0.3, -0.25) is 0 Å². The topological polar surface area (TPSA) is 82.2 Å². The zero-order valence-corrected chi connectivity index (χ0v) is 19.3. The van der Waals surface area contributed by atoms with E-state index < -0.39 is 11.4 Å². The van der Waals surface area contributed by atoms with Crippen LogP contribution in [0, 0.1) is 0 Å². The minimum atomic E-state index is -0.784. The average molecular weight is 496 g/mol. The highest BCUT2D eigenvalue weighted by Gasteiger charge is 2.14. The zero-order valence-electron chi connectivity index (χ0n) is 17.8. The van der Waals surface area contributed by atoms with Gasteiger partial charge in [-0.25, -0.2) is 14.6 Å². The van der Waals surface area contributed by atoms with Gasteiger partial charge in [0.2, 0.25) is 0 Å². The Kier molecular flexibility index (Phi) is 6.04. The quantitative estimate of drug-likeness (QED) is 0.341. The largest absolute Gasteiger partial charge is 0.489 e. The number of fused-ring (bicyclic) bond motifs is 1. The maximum absolute atomic E-state index is 12.0. The fourth-order valence-corrected chi connectivity index (χ4v) is 4.16. The number of ether oxygens (including phenoxy) is 1.